The zero-order valence-corrected chi connectivity index (χ0v) is 20.5. The third-order valence-corrected chi connectivity index (χ3v) is 6.49. The molecule has 3 N–H and O–H groups in total. The smallest absolute Gasteiger partial charge is 0.251 e. The summed E-state index contributed by atoms with van der Waals surface area (Å²) in [5.41, 5.74) is 6.78. The van der Waals surface area contributed by atoms with Crippen LogP contribution in [0.15, 0.2) is 91.5 Å². The van der Waals surface area contributed by atoms with Gasteiger partial charge in [0.25, 0.3) is 5.91 Å². The van der Waals surface area contributed by atoms with E-state index >= 15 is 0 Å². The highest BCUT2D eigenvalue weighted by atomic mass is 16.5. The number of benzene rings is 2. The highest BCUT2D eigenvalue weighted by Gasteiger charge is 2.17. The van der Waals surface area contributed by atoms with Crippen molar-refractivity contribution in [3.63, 3.8) is 0 Å². The molecule has 0 saturated carbocycles. The summed E-state index contributed by atoms with van der Waals surface area (Å²) in [4.78, 5) is 28.8. The van der Waals surface area contributed by atoms with Crippen LogP contribution in [0, 0.1) is 0 Å². The number of fused-ring (bicyclic) bond motifs is 3. The normalized spacial score (nSPS) is 11.1. The van der Waals surface area contributed by atoms with Crippen LogP contribution in [-0.2, 0) is 6.54 Å². The van der Waals surface area contributed by atoms with Crippen LogP contribution < -0.4 is 10.1 Å². The van der Waals surface area contributed by atoms with E-state index in [0.29, 0.717) is 5.56 Å². The van der Waals surface area contributed by atoms with Gasteiger partial charge in [0, 0.05) is 64.2 Å². The average molecular weight is 502 g/mol. The Balaban J connectivity index is 1.38. The number of nitrogens with one attached hydrogen (secondary N) is 2. The highest BCUT2D eigenvalue weighted by Crippen LogP contribution is 2.41. The van der Waals surface area contributed by atoms with Gasteiger partial charge in [-0.05, 0) is 59.7 Å². The van der Waals surface area contributed by atoms with Gasteiger partial charge in [-0.25, -0.2) is 4.98 Å². The summed E-state index contributed by atoms with van der Waals surface area (Å²) < 4.78 is 5.77. The topological polar surface area (TPSA) is 113 Å². The number of hydrogen-bond donors (Lipinski definition) is 3. The number of carbonyl (C=O) groups excluding carboxylic acids is 1. The van der Waals surface area contributed by atoms with E-state index in [1.165, 1.54) is 12.3 Å². The van der Waals surface area contributed by atoms with Crippen molar-refractivity contribution in [2.45, 2.75) is 6.54 Å². The molecule has 0 spiro atoms. The Morgan fingerprint density at radius 3 is 2.58 bits per heavy atom. The second kappa shape index (κ2) is 9.67. The van der Waals surface area contributed by atoms with Gasteiger partial charge in [0.15, 0.2) is 0 Å². The van der Waals surface area contributed by atoms with Crippen LogP contribution in [0.3, 0.4) is 0 Å². The summed E-state index contributed by atoms with van der Waals surface area (Å²) in [5, 5.41) is 14.4. The molecule has 0 saturated heterocycles. The quantitative estimate of drug-likeness (QED) is 0.278. The number of carbonyl (C=O) groups is 1. The first-order valence-corrected chi connectivity index (χ1v) is 12.0. The molecule has 0 unspecified atom stereocenters. The van der Waals surface area contributed by atoms with Gasteiger partial charge in [-0.1, -0.05) is 12.1 Å². The maximum atomic E-state index is 12.8. The zero-order valence-electron chi connectivity index (χ0n) is 20.5. The summed E-state index contributed by atoms with van der Waals surface area (Å²) in [6, 6.07) is 20.6. The van der Waals surface area contributed by atoms with Crippen LogP contribution in [0.5, 0.6) is 11.6 Å². The second-order valence-electron chi connectivity index (χ2n) is 8.83. The molecule has 0 atom stereocenters. The maximum Gasteiger partial charge on any atom is 0.251 e. The van der Waals surface area contributed by atoms with E-state index in [4.69, 9.17) is 4.74 Å². The Morgan fingerprint density at radius 2 is 1.82 bits per heavy atom. The van der Waals surface area contributed by atoms with Gasteiger partial charge < -0.3 is 20.1 Å². The Hall–Kier alpha value is -5.24. The standard InChI is InChI=1S/C30H23N5O3/c1-38-26-9-8-23-29(22-14-24(33-17-25(22)35-23)21-3-2-11-31-16-21)28(26)19-4-6-20(7-5-19)30(37)34-15-18-10-12-32-27(36)13-18/h2-14,16-17,35H,15H2,1H3,(H,32,36)(H,34,37). The van der Waals surface area contributed by atoms with E-state index in [0.717, 1.165) is 55.5 Å². The molecule has 0 bridgehead atoms. The van der Waals surface area contributed by atoms with Gasteiger partial charge >= 0.3 is 0 Å². The van der Waals surface area contributed by atoms with E-state index in [1.54, 1.807) is 37.7 Å². The monoisotopic (exact) mass is 501 g/mol. The number of methoxy groups -OCH3 is 1. The number of aromatic hydroxyl groups is 1. The Labute approximate surface area is 218 Å². The molecule has 0 aliphatic rings. The van der Waals surface area contributed by atoms with Gasteiger partial charge in [-0.15, -0.1) is 0 Å². The van der Waals surface area contributed by atoms with Gasteiger partial charge in [-0.2, -0.15) is 0 Å². The second-order valence-corrected chi connectivity index (χ2v) is 8.83. The molecule has 2 aromatic carbocycles. The van der Waals surface area contributed by atoms with Crippen molar-refractivity contribution >= 4 is 27.7 Å². The number of ether oxygens (including phenoxy) is 1. The molecule has 8 nitrogen and oxygen atoms in total. The first-order chi connectivity index (χ1) is 18.6. The van der Waals surface area contributed by atoms with E-state index in [1.807, 2.05) is 42.6 Å². The molecule has 6 aromatic rings. The van der Waals surface area contributed by atoms with Crippen LogP contribution in [0.4, 0.5) is 0 Å². The van der Waals surface area contributed by atoms with Crippen molar-refractivity contribution in [1.29, 1.82) is 0 Å². The summed E-state index contributed by atoms with van der Waals surface area (Å²) in [5.74, 6) is 0.440. The van der Waals surface area contributed by atoms with Crippen molar-refractivity contribution in [3.05, 3.63) is 103 Å². The minimum Gasteiger partial charge on any atom is -0.496 e. The molecule has 4 heterocycles. The minimum absolute atomic E-state index is 0.0788. The van der Waals surface area contributed by atoms with Gasteiger partial charge in [0.2, 0.25) is 5.88 Å². The van der Waals surface area contributed by atoms with Crippen LogP contribution in [0.2, 0.25) is 0 Å². The van der Waals surface area contributed by atoms with Crippen LogP contribution in [0.25, 0.3) is 44.2 Å². The molecule has 4 aromatic heterocycles. The molecule has 8 heteroatoms. The van der Waals surface area contributed by atoms with Gasteiger partial charge in [0.1, 0.15) is 5.75 Å². The van der Waals surface area contributed by atoms with Crippen LogP contribution >= 0.6 is 0 Å². The van der Waals surface area contributed by atoms with Crippen molar-refractivity contribution in [3.8, 4) is 34.0 Å². The predicted molar refractivity (Wildman–Crippen MR) is 146 cm³/mol. The SMILES string of the molecule is COc1ccc2[nH]c3cnc(-c4cccnc4)cc3c2c1-c1ccc(C(=O)NCc2ccnc(O)c2)cc1. The lowest BCUT2D eigenvalue weighted by atomic mass is 9.97. The number of aromatic nitrogens is 4. The predicted octanol–water partition coefficient (Wildman–Crippen LogP) is 5.48. The lowest BCUT2D eigenvalue weighted by Crippen LogP contribution is -2.22. The number of amides is 1. The number of nitrogens with zero attached hydrogens (tertiary/aromatic N) is 3. The van der Waals surface area contributed by atoms with E-state index in [-0.39, 0.29) is 18.3 Å². The largest absolute Gasteiger partial charge is 0.496 e. The molecule has 38 heavy (non-hydrogen) atoms. The number of hydrogen-bond acceptors (Lipinski definition) is 6. The zero-order chi connectivity index (χ0) is 26.1. The molecular formula is C30H23N5O3. The van der Waals surface area contributed by atoms with E-state index in [2.05, 4.69) is 31.3 Å². The minimum atomic E-state index is -0.211. The lowest BCUT2D eigenvalue weighted by Gasteiger charge is -2.12. The van der Waals surface area contributed by atoms with E-state index < -0.39 is 0 Å². The van der Waals surface area contributed by atoms with Crippen molar-refractivity contribution < 1.29 is 14.6 Å². The van der Waals surface area contributed by atoms with Crippen molar-refractivity contribution in [1.82, 2.24) is 25.3 Å². The van der Waals surface area contributed by atoms with E-state index in [9.17, 15) is 9.90 Å². The Morgan fingerprint density at radius 1 is 0.947 bits per heavy atom. The Kier molecular flexibility index (Phi) is 5.89. The third-order valence-electron chi connectivity index (χ3n) is 6.49. The lowest BCUT2D eigenvalue weighted by molar-refractivity contribution is 0.0951. The summed E-state index contributed by atoms with van der Waals surface area (Å²) in [6.45, 7) is 0.284. The molecular weight excluding hydrogens is 478 g/mol. The van der Waals surface area contributed by atoms with Gasteiger partial charge in [0.05, 0.1) is 24.5 Å². The maximum absolute atomic E-state index is 12.8. The molecule has 186 valence electrons. The summed E-state index contributed by atoms with van der Waals surface area (Å²) in [6.07, 6.45) is 6.88. The van der Waals surface area contributed by atoms with Gasteiger partial charge in [-0.3, -0.25) is 14.8 Å². The molecule has 6 rings (SSSR count). The van der Waals surface area contributed by atoms with Crippen LogP contribution in [0.1, 0.15) is 15.9 Å². The molecule has 1 amide bonds. The fraction of sp³-hybridized carbons (Fsp3) is 0.0667. The first kappa shape index (κ1) is 23.2. The summed E-state index contributed by atoms with van der Waals surface area (Å²) in [7, 11) is 1.65. The summed E-state index contributed by atoms with van der Waals surface area (Å²) >= 11 is 0. The average Bonchev–Trinajstić information content (AvgIpc) is 3.34. The number of pyridine rings is 3. The third kappa shape index (κ3) is 4.28. The van der Waals surface area contributed by atoms with Crippen LogP contribution in [-0.4, -0.2) is 38.1 Å². The molecule has 0 aliphatic heterocycles. The fourth-order valence-corrected chi connectivity index (χ4v) is 4.65. The molecule has 0 radical (unpaired) electrons. The highest BCUT2D eigenvalue weighted by molar-refractivity contribution is 6.16. The number of rotatable bonds is 6. The first-order valence-electron chi connectivity index (χ1n) is 12.0. The molecule has 0 fully saturated rings. The Bertz CT molecular complexity index is 1780. The fourth-order valence-electron chi connectivity index (χ4n) is 4.65. The van der Waals surface area contributed by atoms with Crippen molar-refractivity contribution in [2.75, 3.05) is 7.11 Å². The number of H-pyrrole nitrogens is 1. The van der Waals surface area contributed by atoms with Crippen molar-refractivity contribution in [2.24, 2.45) is 0 Å². The molecule has 0 aliphatic carbocycles. The number of aromatic amines is 1.